The number of para-hydroxylation sites is 1. The number of hydrogen-bond donors (Lipinski definition) is 0. The molecule has 2 aromatic rings. The van der Waals surface area contributed by atoms with E-state index in [0.717, 1.165) is 12.8 Å². The summed E-state index contributed by atoms with van der Waals surface area (Å²) in [5.74, 6) is 0.658. The molecule has 21 heavy (non-hydrogen) atoms. The van der Waals surface area contributed by atoms with Gasteiger partial charge in [-0.3, -0.25) is 0 Å². The zero-order valence-electron chi connectivity index (χ0n) is 12.6. The second kappa shape index (κ2) is 5.46. The smallest absolute Gasteiger partial charge is 0.213 e. The number of piperidine rings is 1. The van der Waals surface area contributed by atoms with Crippen molar-refractivity contribution in [3.63, 3.8) is 0 Å². The summed E-state index contributed by atoms with van der Waals surface area (Å²) in [6.07, 6.45) is 4.03. The number of benzene rings is 1. The van der Waals surface area contributed by atoms with Gasteiger partial charge in [0.2, 0.25) is 10.0 Å². The van der Waals surface area contributed by atoms with E-state index in [4.69, 9.17) is 0 Å². The van der Waals surface area contributed by atoms with Crippen molar-refractivity contribution in [3.05, 3.63) is 36.0 Å². The minimum Gasteiger partial charge on any atom is -0.350 e. The molecule has 114 valence electrons. The summed E-state index contributed by atoms with van der Waals surface area (Å²) in [5, 5.41) is 1.30. The second-order valence-corrected chi connectivity index (χ2v) is 8.04. The molecule has 1 aliphatic rings. The van der Waals surface area contributed by atoms with Gasteiger partial charge in [-0.15, -0.1) is 0 Å². The third kappa shape index (κ3) is 2.60. The molecule has 0 amide bonds. The molecule has 1 saturated heterocycles. The first-order valence-corrected chi connectivity index (χ1v) is 9.15. The molecule has 1 aromatic carbocycles. The van der Waals surface area contributed by atoms with Gasteiger partial charge < -0.3 is 4.57 Å². The van der Waals surface area contributed by atoms with Gasteiger partial charge in [-0.1, -0.05) is 18.2 Å². The van der Waals surface area contributed by atoms with Crippen molar-refractivity contribution < 1.29 is 8.42 Å². The highest BCUT2D eigenvalue weighted by atomic mass is 32.2. The Morgan fingerprint density at radius 1 is 1.19 bits per heavy atom. The summed E-state index contributed by atoms with van der Waals surface area (Å²) in [7, 11) is -0.964. The standard InChI is InChI=1S/C16H22N2O2S/c1-3-21(19,20)18-10-8-13(9-11-18)15-12-17(2)16-7-5-4-6-14(15)16/h4-7,12-13H,3,8-11H2,1-2H3. The molecule has 5 heteroatoms. The van der Waals surface area contributed by atoms with Gasteiger partial charge in [0.1, 0.15) is 0 Å². The van der Waals surface area contributed by atoms with Crippen LogP contribution in [0.15, 0.2) is 30.5 Å². The largest absolute Gasteiger partial charge is 0.350 e. The van der Waals surface area contributed by atoms with Crippen molar-refractivity contribution in [2.75, 3.05) is 18.8 Å². The fraction of sp³-hybridized carbons (Fsp3) is 0.500. The van der Waals surface area contributed by atoms with E-state index < -0.39 is 10.0 Å². The molecule has 3 rings (SSSR count). The van der Waals surface area contributed by atoms with Crippen LogP contribution in [0.3, 0.4) is 0 Å². The summed E-state index contributed by atoms with van der Waals surface area (Å²) in [6.45, 7) is 3.00. The number of rotatable bonds is 3. The molecule has 0 aliphatic carbocycles. The van der Waals surface area contributed by atoms with Crippen molar-refractivity contribution in [1.29, 1.82) is 0 Å². The van der Waals surface area contributed by atoms with E-state index in [0.29, 0.717) is 19.0 Å². The van der Waals surface area contributed by atoms with E-state index >= 15 is 0 Å². The Hall–Kier alpha value is -1.33. The minimum atomic E-state index is -3.04. The molecule has 4 nitrogen and oxygen atoms in total. The van der Waals surface area contributed by atoms with E-state index in [9.17, 15) is 8.42 Å². The first-order valence-electron chi connectivity index (χ1n) is 7.54. The number of nitrogens with zero attached hydrogens (tertiary/aromatic N) is 2. The number of aromatic nitrogens is 1. The third-order valence-electron chi connectivity index (χ3n) is 4.58. The fourth-order valence-corrected chi connectivity index (χ4v) is 4.46. The summed E-state index contributed by atoms with van der Waals surface area (Å²) >= 11 is 0. The molecule has 1 aromatic heterocycles. The van der Waals surface area contributed by atoms with Crippen LogP contribution in [0.1, 0.15) is 31.2 Å². The van der Waals surface area contributed by atoms with Crippen molar-refractivity contribution in [1.82, 2.24) is 8.87 Å². The van der Waals surface area contributed by atoms with Gasteiger partial charge in [-0.2, -0.15) is 0 Å². The third-order valence-corrected chi connectivity index (χ3v) is 6.46. The molecule has 0 atom stereocenters. The molecule has 0 bridgehead atoms. The average Bonchev–Trinajstić information content (AvgIpc) is 2.85. The van der Waals surface area contributed by atoms with E-state index in [1.807, 2.05) is 0 Å². The highest BCUT2D eigenvalue weighted by Gasteiger charge is 2.28. The maximum atomic E-state index is 11.9. The van der Waals surface area contributed by atoms with Crippen molar-refractivity contribution >= 4 is 20.9 Å². The zero-order chi connectivity index (χ0) is 15.0. The van der Waals surface area contributed by atoms with Gasteiger partial charge in [0.15, 0.2) is 0 Å². The lowest BCUT2D eigenvalue weighted by atomic mass is 9.90. The zero-order valence-corrected chi connectivity index (χ0v) is 13.4. The lowest BCUT2D eigenvalue weighted by molar-refractivity contribution is 0.320. The Kier molecular flexibility index (Phi) is 3.80. The number of aryl methyl sites for hydroxylation is 1. The summed E-state index contributed by atoms with van der Waals surface area (Å²) in [4.78, 5) is 0. The monoisotopic (exact) mass is 306 g/mol. The molecular formula is C16H22N2O2S. The topological polar surface area (TPSA) is 42.3 Å². The van der Waals surface area contributed by atoms with Crippen molar-refractivity contribution in [3.8, 4) is 0 Å². The predicted octanol–water partition coefficient (Wildman–Crippen LogP) is 2.71. The summed E-state index contributed by atoms with van der Waals surface area (Å²) in [5.41, 5.74) is 2.61. The van der Waals surface area contributed by atoms with Gasteiger partial charge in [0, 0.05) is 37.2 Å². The van der Waals surface area contributed by atoms with E-state index in [1.54, 1.807) is 11.2 Å². The van der Waals surface area contributed by atoms with Crippen molar-refractivity contribution in [2.45, 2.75) is 25.7 Å². The SMILES string of the molecule is CCS(=O)(=O)N1CCC(c2cn(C)c3ccccc23)CC1. The van der Waals surface area contributed by atoms with Crippen LogP contribution in [0.5, 0.6) is 0 Å². The number of hydrogen-bond acceptors (Lipinski definition) is 2. The Bertz CT molecular complexity index is 741. The maximum Gasteiger partial charge on any atom is 0.213 e. The van der Waals surface area contributed by atoms with Crippen LogP contribution in [0.4, 0.5) is 0 Å². The van der Waals surface area contributed by atoms with E-state index in [2.05, 4.69) is 42.1 Å². The highest BCUT2D eigenvalue weighted by molar-refractivity contribution is 7.89. The lowest BCUT2D eigenvalue weighted by Crippen LogP contribution is -2.38. The molecule has 0 spiro atoms. The van der Waals surface area contributed by atoms with Crippen LogP contribution in [-0.4, -0.2) is 36.1 Å². The summed E-state index contributed by atoms with van der Waals surface area (Å²) in [6, 6.07) is 8.43. The van der Waals surface area contributed by atoms with Crippen LogP contribution in [-0.2, 0) is 17.1 Å². The minimum absolute atomic E-state index is 0.200. The van der Waals surface area contributed by atoms with Crippen molar-refractivity contribution in [2.24, 2.45) is 7.05 Å². The maximum absolute atomic E-state index is 11.9. The molecule has 0 saturated carbocycles. The quantitative estimate of drug-likeness (QED) is 0.875. The predicted molar refractivity (Wildman–Crippen MR) is 85.9 cm³/mol. The van der Waals surface area contributed by atoms with Gasteiger partial charge in [0.05, 0.1) is 5.75 Å². The van der Waals surface area contributed by atoms with Gasteiger partial charge in [-0.05, 0) is 37.3 Å². The van der Waals surface area contributed by atoms with Crippen LogP contribution < -0.4 is 0 Å². The van der Waals surface area contributed by atoms with E-state index in [1.165, 1.54) is 16.5 Å². The molecule has 2 heterocycles. The Labute approximate surface area is 126 Å². The molecular weight excluding hydrogens is 284 g/mol. The Morgan fingerprint density at radius 2 is 1.86 bits per heavy atom. The van der Waals surface area contributed by atoms with Gasteiger partial charge >= 0.3 is 0 Å². The number of sulfonamides is 1. The van der Waals surface area contributed by atoms with E-state index in [-0.39, 0.29) is 5.75 Å². The summed E-state index contributed by atoms with van der Waals surface area (Å²) < 4.78 is 27.7. The Balaban J connectivity index is 1.84. The first-order chi connectivity index (χ1) is 10.0. The fourth-order valence-electron chi connectivity index (χ4n) is 3.33. The average molecular weight is 306 g/mol. The first kappa shape index (κ1) is 14.6. The number of fused-ring (bicyclic) bond motifs is 1. The molecule has 0 radical (unpaired) electrons. The normalized spacial score (nSPS) is 18.4. The van der Waals surface area contributed by atoms with Crippen LogP contribution in [0.2, 0.25) is 0 Å². The van der Waals surface area contributed by atoms with Crippen LogP contribution in [0, 0.1) is 0 Å². The molecule has 1 aliphatic heterocycles. The van der Waals surface area contributed by atoms with Crippen LogP contribution in [0.25, 0.3) is 10.9 Å². The second-order valence-electron chi connectivity index (χ2n) is 5.79. The molecule has 0 N–H and O–H groups in total. The lowest BCUT2D eigenvalue weighted by Gasteiger charge is -2.30. The van der Waals surface area contributed by atoms with Crippen LogP contribution >= 0.6 is 0 Å². The Morgan fingerprint density at radius 3 is 2.52 bits per heavy atom. The molecule has 1 fully saturated rings. The van der Waals surface area contributed by atoms with Gasteiger partial charge in [0.25, 0.3) is 0 Å². The highest BCUT2D eigenvalue weighted by Crippen LogP contribution is 2.34. The van der Waals surface area contributed by atoms with Gasteiger partial charge in [-0.25, -0.2) is 12.7 Å². The molecule has 0 unspecified atom stereocenters.